The quantitative estimate of drug-likeness (QED) is 0.426. The minimum Gasteiger partial charge on any atom is -0.374 e. The van der Waals surface area contributed by atoms with E-state index < -0.39 is 30.6 Å². The molecule has 5 atom stereocenters. The highest BCUT2D eigenvalue weighted by atomic mass is 16.7. The van der Waals surface area contributed by atoms with E-state index in [4.69, 9.17) is 18.9 Å². The number of aliphatic hydroxyl groups is 1. The fourth-order valence-corrected chi connectivity index (χ4v) is 4.24. The molecule has 3 aromatic carbocycles. The molecule has 1 aliphatic rings. The van der Waals surface area contributed by atoms with Gasteiger partial charge in [-0.1, -0.05) is 91.0 Å². The molecule has 0 unspecified atom stereocenters. The van der Waals surface area contributed by atoms with E-state index in [0.29, 0.717) is 13.2 Å². The van der Waals surface area contributed by atoms with Crippen LogP contribution in [0, 0.1) is 0 Å². The Kier molecular flexibility index (Phi) is 9.61. The predicted octanol–water partition coefficient (Wildman–Crippen LogP) is 3.60. The number of ether oxygens (including phenoxy) is 4. The molecular formula is C29H33NO6. The minimum atomic E-state index is -1.28. The molecule has 2 N–H and O–H groups in total. The second-order valence-electron chi connectivity index (χ2n) is 8.81. The number of hydrogen-bond acceptors (Lipinski definition) is 6. The minimum absolute atomic E-state index is 0.184. The molecule has 0 spiro atoms. The van der Waals surface area contributed by atoms with Crippen LogP contribution in [-0.2, 0) is 43.6 Å². The third-order valence-corrected chi connectivity index (χ3v) is 6.00. The van der Waals surface area contributed by atoms with E-state index in [2.05, 4.69) is 5.32 Å². The summed E-state index contributed by atoms with van der Waals surface area (Å²) < 4.78 is 24.6. The lowest BCUT2D eigenvalue weighted by Gasteiger charge is -2.44. The lowest BCUT2D eigenvalue weighted by Crippen LogP contribution is -2.65. The van der Waals surface area contributed by atoms with Crippen molar-refractivity contribution < 1.29 is 28.8 Å². The van der Waals surface area contributed by atoms with Crippen molar-refractivity contribution in [1.82, 2.24) is 5.32 Å². The lowest BCUT2D eigenvalue weighted by atomic mass is 9.96. The average Bonchev–Trinajstić information content (AvgIpc) is 2.90. The normalized spacial score (nSPS) is 23.8. The van der Waals surface area contributed by atoms with Crippen LogP contribution < -0.4 is 5.32 Å². The van der Waals surface area contributed by atoms with E-state index in [-0.39, 0.29) is 19.1 Å². The SMILES string of the molecule is CC(=O)N[C@H]1[C@H](OCc2ccccc2)[C@H](OCc2ccccc2)[C@H](COCc2ccccc2)O[C@@H]1O. The second-order valence-corrected chi connectivity index (χ2v) is 8.81. The number of hydrogen-bond donors (Lipinski definition) is 2. The number of carbonyl (C=O) groups excluding carboxylic acids is 1. The van der Waals surface area contributed by atoms with Crippen molar-refractivity contribution in [3.8, 4) is 0 Å². The summed E-state index contributed by atoms with van der Waals surface area (Å²) in [5, 5.41) is 13.6. The molecule has 1 fully saturated rings. The van der Waals surface area contributed by atoms with Crippen LogP contribution in [0.1, 0.15) is 23.6 Å². The van der Waals surface area contributed by atoms with Crippen LogP contribution in [0.25, 0.3) is 0 Å². The van der Waals surface area contributed by atoms with Crippen LogP contribution in [0.15, 0.2) is 91.0 Å². The van der Waals surface area contributed by atoms with Crippen LogP contribution in [0.2, 0.25) is 0 Å². The van der Waals surface area contributed by atoms with E-state index in [1.807, 2.05) is 91.0 Å². The highest BCUT2D eigenvalue weighted by molar-refractivity contribution is 5.73. The predicted molar refractivity (Wildman–Crippen MR) is 135 cm³/mol. The van der Waals surface area contributed by atoms with Gasteiger partial charge >= 0.3 is 0 Å². The monoisotopic (exact) mass is 491 g/mol. The molecule has 1 heterocycles. The summed E-state index contributed by atoms with van der Waals surface area (Å²) in [5.74, 6) is -0.295. The summed E-state index contributed by atoms with van der Waals surface area (Å²) in [4.78, 5) is 12.0. The summed E-state index contributed by atoms with van der Waals surface area (Å²) in [6, 6.07) is 28.6. The van der Waals surface area contributed by atoms with Crippen molar-refractivity contribution >= 4 is 5.91 Å². The molecule has 36 heavy (non-hydrogen) atoms. The van der Waals surface area contributed by atoms with Crippen molar-refractivity contribution in [2.75, 3.05) is 6.61 Å². The Labute approximate surface area is 212 Å². The Morgan fingerprint density at radius 3 is 1.75 bits per heavy atom. The van der Waals surface area contributed by atoms with Crippen LogP contribution >= 0.6 is 0 Å². The zero-order chi connectivity index (χ0) is 25.2. The summed E-state index contributed by atoms with van der Waals surface area (Å²) in [6.07, 6.45) is -3.17. The van der Waals surface area contributed by atoms with Gasteiger partial charge in [0.25, 0.3) is 0 Å². The highest BCUT2D eigenvalue weighted by Crippen LogP contribution is 2.27. The van der Waals surface area contributed by atoms with Gasteiger partial charge in [-0.05, 0) is 16.7 Å². The molecule has 7 heteroatoms. The molecule has 0 aromatic heterocycles. The van der Waals surface area contributed by atoms with Gasteiger partial charge in [0, 0.05) is 6.92 Å². The van der Waals surface area contributed by atoms with E-state index in [1.165, 1.54) is 6.92 Å². The molecule has 1 aliphatic heterocycles. The molecule has 7 nitrogen and oxygen atoms in total. The van der Waals surface area contributed by atoms with Gasteiger partial charge in [0.15, 0.2) is 6.29 Å². The Balaban J connectivity index is 1.53. The number of rotatable bonds is 11. The Hall–Kier alpha value is -3.07. The zero-order valence-corrected chi connectivity index (χ0v) is 20.4. The van der Waals surface area contributed by atoms with Gasteiger partial charge in [0.2, 0.25) is 5.91 Å². The fraction of sp³-hybridized carbons (Fsp3) is 0.345. The van der Waals surface area contributed by atoms with Crippen molar-refractivity contribution in [3.05, 3.63) is 108 Å². The largest absolute Gasteiger partial charge is 0.374 e. The van der Waals surface area contributed by atoms with Crippen LogP contribution in [0.4, 0.5) is 0 Å². The van der Waals surface area contributed by atoms with Crippen LogP contribution in [-0.4, -0.2) is 48.3 Å². The van der Waals surface area contributed by atoms with E-state index in [9.17, 15) is 9.90 Å². The molecular weight excluding hydrogens is 458 g/mol. The van der Waals surface area contributed by atoms with Crippen molar-refractivity contribution in [1.29, 1.82) is 0 Å². The number of benzene rings is 3. The summed E-state index contributed by atoms with van der Waals surface area (Å²) in [5.41, 5.74) is 2.99. The number of aliphatic hydroxyl groups excluding tert-OH is 1. The molecule has 3 aromatic rings. The van der Waals surface area contributed by atoms with Gasteiger partial charge < -0.3 is 29.4 Å². The Morgan fingerprint density at radius 1 is 0.778 bits per heavy atom. The maximum absolute atomic E-state index is 12.0. The summed E-state index contributed by atoms with van der Waals surface area (Å²) >= 11 is 0. The Bertz CT molecular complexity index is 1050. The first-order valence-electron chi connectivity index (χ1n) is 12.1. The lowest BCUT2D eigenvalue weighted by molar-refractivity contribution is -0.277. The molecule has 0 radical (unpaired) electrons. The Morgan fingerprint density at radius 2 is 1.25 bits per heavy atom. The first kappa shape index (κ1) is 26.0. The molecule has 190 valence electrons. The highest BCUT2D eigenvalue weighted by Gasteiger charge is 2.47. The molecule has 1 amide bonds. The van der Waals surface area contributed by atoms with Crippen LogP contribution in [0.5, 0.6) is 0 Å². The van der Waals surface area contributed by atoms with Gasteiger partial charge in [-0.2, -0.15) is 0 Å². The standard InChI is InChI=1S/C29H33NO6/c1-21(31)30-26-28(35-19-24-15-9-4-10-16-24)27(34-18-23-13-7-3-8-14-23)25(36-29(26)32)20-33-17-22-11-5-2-6-12-22/h2-16,25-29,32H,17-20H2,1H3,(H,30,31)/t25-,26-,27+,28-,29-/m0/s1. The zero-order valence-electron chi connectivity index (χ0n) is 20.4. The molecule has 0 aliphatic carbocycles. The number of amides is 1. The molecule has 0 saturated carbocycles. The molecule has 1 saturated heterocycles. The first-order chi connectivity index (χ1) is 17.6. The van der Waals surface area contributed by atoms with Gasteiger partial charge in [-0.25, -0.2) is 0 Å². The van der Waals surface area contributed by atoms with E-state index in [0.717, 1.165) is 16.7 Å². The number of nitrogens with one attached hydrogen (secondary N) is 1. The fourth-order valence-electron chi connectivity index (χ4n) is 4.24. The van der Waals surface area contributed by atoms with E-state index >= 15 is 0 Å². The van der Waals surface area contributed by atoms with Crippen molar-refractivity contribution in [2.45, 2.75) is 57.4 Å². The van der Waals surface area contributed by atoms with Gasteiger partial charge in [-0.3, -0.25) is 4.79 Å². The number of carbonyl (C=O) groups is 1. The summed E-state index contributed by atoms with van der Waals surface area (Å²) in [6.45, 7) is 2.58. The van der Waals surface area contributed by atoms with Crippen molar-refractivity contribution in [2.24, 2.45) is 0 Å². The van der Waals surface area contributed by atoms with E-state index in [1.54, 1.807) is 0 Å². The third kappa shape index (κ3) is 7.46. The third-order valence-electron chi connectivity index (χ3n) is 6.00. The molecule has 0 bridgehead atoms. The maximum Gasteiger partial charge on any atom is 0.217 e. The smallest absolute Gasteiger partial charge is 0.217 e. The summed E-state index contributed by atoms with van der Waals surface area (Å²) in [7, 11) is 0. The maximum atomic E-state index is 12.0. The van der Waals surface area contributed by atoms with Crippen molar-refractivity contribution in [3.63, 3.8) is 0 Å². The second kappa shape index (κ2) is 13.3. The van der Waals surface area contributed by atoms with Gasteiger partial charge in [0.05, 0.1) is 26.4 Å². The topological polar surface area (TPSA) is 86.3 Å². The average molecular weight is 492 g/mol. The first-order valence-corrected chi connectivity index (χ1v) is 12.1. The molecule has 4 rings (SSSR count). The van der Waals surface area contributed by atoms with Gasteiger partial charge in [-0.15, -0.1) is 0 Å². The van der Waals surface area contributed by atoms with Gasteiger partial charge in [0.1, 0.15) is 24.4 Å². The van der Waals surface area contributed by atoms with Crippen LogP contribution in [0.3, 0.4) is 0 Å².